The zero-order valence-corrected chi connectivity index (χ0v) is 11.8. The summed E-state index contributed by atoms with van der Waals surface area (Å²) in [6.45, 7) is 6.06. The van der Waals surface area contributed by atoms with Crippen LogP contribution in [-0.4, -0.2) is 62.3 Å². The van der Waals surface area contributed by atoms with E-state index in [9.17, 15) is 4.79 Å². The molecule has 110 valence electrons. The standard InChI is InChI=1S/C13H20N4O3/c1-8-3-10(4-9(2)20-8)16-5-11(6-16)17-7-12(13(18)19)14-15-17/h7-11H,3-6H2,1-2H3,(H,18,19). The third-order valence-corrected chi connectivity index (χ3v) is 4.18. The zero-order chi connectivity index (χ0) is 14.3. The van der Waals surface area contributed by atoms with Crippen molar-refractivity contribution >= 4 is 5.97 Å². The minimum Gasteiger partial charge on any atom is -0.476 e. The van der Waals surface area contributed by atoms with E-state index in [1.807, 2.05) is 0 Å². The smallest absolute Gasteiger partial charge is 0.358 e. The lowest BCUT2D eigenvalue weighted by molar-refractivity contribution is -0.0845. The molecule has 7 nitrogen and oxygen atoms in total. The van der Waals surface area contributed by atoms with Gasteiger partial charge in [-0.15, -0.1) is 5.10 Å². The number of aromatic carboxylic acids is 1. The van der Waals surface area contributed by atoms with Crippen LogP contribution in [0.25, 0.3) is 0 Å². The van der Waals surface area contributed by atoms with Crippen LogP contribution in [0.1, 0.15) is 43.2 Å². The van der Waals surface area contributed by atoms with Crippen LogP contribution in [0.15, 0.2) is 6.20 Å². The molecule has 2 unspecified atom stereocenters. The van der Waals surface area contributed by atoms with Gasteiger partial charge in [0.15, 0.2) is 5.69 Å². The fraction of sp³-hybridized carbons (Fsp3) is 0.769. The Morgan fingerprint density at radius 3 is 2.50 bits per heavy atom. The number of nitrogens with zero attached hydrogens (tertiary/aromatic N) is 4. The first kappa shape index (κ1) is 13.5. The van der Waals surface area contributed by atoms with Crippen LogP contribution in [0.2, 0.25) is 0 Å². The summed E-state index contributed by atoms with van der Waals surface area (Å²) in [7, 11) is 0. The molecule has 3 heterocycles. The zero-order valence-electron chi connectivity index (χ0n) is 11.8. The second-order valence-corrected chi connectivity index (χ2v) is 5.88. The summed E-state index contributed by atoms with van der Waals surface area (Å²) < 4.78 is 7.43. The molecule has 0 aliphatic carbocycles. The molecule has 1 aromatic heterocycles. The largest absolute Gasteiger partial charge is 0.476 e. The number of ether oxygens (including phenoxy) is 1. The average molecular weight is 280 g/mol. The minimum atomic E-state index is -1.03. The van der Waals surface area contributed by atoms with Crippen molar-refractivity contribution in [3.05, 3.63) is 11.9 Å². The Morgan fingerprint density at radius 2 is 1.95 bits per heavy atom. The van der Waals surface area contributed by atoms with Crippen molar-refractivity contribution in [1.82, 2.24) is 19.9 Å². The van der Waals surface area contributed by atoms with Crippen LogP contribution in [0.5, 0.6) is 0 Å². The summed E-state index contributed by atoms with van der Waals surface area (Å²) in [6.07, 6.45) is 4.27. The maximum absolute atomic E-state index is 10.8. The van der Waals surface area contributed by atoms with E-state index in [0.717, 1.165) is 25.9 Å². The third-order valence-electron chi connectivity index (χ3n) is 4.18. The molecule has 0 saturated carbocycles. The fourth-order valence-electron chi connectivity index (χ4n) is 3.17. The number of carbonyl (C=O) groups is 1. The highest BCUT2D eigenvalue weighted by atomic mass is 16.5. The number of hydrogen-bond donors (Lipinski definition) is 1. The van der Waals surface area contributed by atoms with Crippen LogP contribution in [0, 0.1) is 0 Å². The van der Waals surface area contributed by atoms with Gasteiger partial charge in [0.25, 0.3) is 0 Å². The van der Waals surface area contributed by atoms with Crippen molar-refractivity contribution in [3.63, 3.8) is 0 Å². The maximum atomic E-state index is 10.8. The average Bonchev–Trinajstić information content (AvgIpc) is 2.75. The van der Waals surface area contributed by atoms with Gasteiger partial charge in [0.05, 0.1) is 24.4 Å². The lowest BCUT2D eigenvalue weighted by atomic mass is 9.94. The third kappa shape index (κ3) is 2.55. The van der Waals surface area contributed by atoms with Gasteiger partial charge >= 0.3 is 5.97 Å². The van der Waals surface area contributed by atoms with Crippen LogP contribution in [-0.2, 0) is 4.74 Å². The van der Waals surface area contributed by atoms with Crippen LogP contribution in [0.3, 0.4) is 0 Å². The van der Waals surface area contributed by atoms with Gasteiger partial charge in [0.2, 0.25) is 0 Å². The van der Waals surface area contributed by atoms with E-state index in [0.29, 0.717) is 18.2 Å². The number of aromatic nitrogens is 3. The molecule has 0 radical (unpaired) electrons. The number of carboxylic acids is 1. The van der Waals surface area contributed by atoms with E-state index in [1.165, 1.54) is 6.20 Å². The summed E-state index contributed by atoms with van der Waals surface area (Å²) >= 11 is 0. The lowest BCUT2D eigenvalue weighted by Gasteiger charge is -2.47. The Kier molecular flexibility index (Phi) is 3.47. The Labute approximate surface area is 117 Å². The molecular formula is C13H20N4O3. The minimum absolute atomic E-state index is 0.0109. The topological polar surface area (TPSA) is 80.5 Å². The van der Waals surface area contributed by atoms with Crippen molar-refractivity contribution in [2.24, 2.45) is 0 Å². The molecule has 2 fully saturated rings. The molecule has 0 aromatic carbocycles. The summed E-state index contributed by atoms with van der Waals surface area (Å²) in [6, 6.07) is 0.802. The second-order valence-electron chi connectivity index (χ2n) is 5.88. The quantitative estimate of drug-likeness (QED) is 0.881. The molecule has 0 bridgehead atoms. The number of likely N-dealkylation sites (tertiary alicyclic amines) is 1. The molecule has 7 heteroatoms. The lowest BCUT2D eigenvalue weighted by Crippen LogP contribution is -2.55. The predicted molar refractivity (Wildman–Crippen MR) is 70.6 cm³/mol. The Balaban J connectivity index is 1.56. The highest BCUT2D eigenvalue weighted by molar-refractivity contribution is 5.84. The van der Waals surface area contributed by atoms with E-state index in [2.05, 4.69) is 29.1 Å². The van der Waals surface area contributed by atoms with Gasteiger partial charge in [-0.3, -0.25) is 4.90 Å². The van der Waals surface area contributed by atoms with Gasteiger partial charge in [-0.1, -0.05) is 5.21 Å². The molecular weight excluding hydrogens is 260 g/mol. The summed E-state index contributed by atoms with van der Waals surface area (Å²) in [5.41, 5.74) is 0.0109. The Bertz CT molecular complexity index is 488. The van der Waals surface area contributed by atoms with Crippen LogP contribution in [0.4, 0.5) is 0 Å². The molecule has 3 rings (SSSR count). The first-order valence-electron chi connectivity index (χ1n) is 7.07. The van der Waals surface area contributed by atoms with E-state index in [-0.39, 0.29) is 11.7 Å². The first-order chi connectivity index (χ1) is 9.52. The van der Waals surface area contributed by atoms with E-state index in [1.54, 1.807) is 4.68 Å². The second kappa shape index (κ2) is 5.14. The van der Waals surface area contributed by atoms with Gasteiger partial charge in [0, 0.05) is 19.1 Å². The summed E-state index contributed by atoms with van der Waals surface area (Å²) in [4.78, 5) is 13.2. The van der Waals surface area contributed by atoms with Gasteiger partial charge in [-0.05, 0) is 26.7 Å². The Morgan fingerprint density at radius 1 is 1.30 bits per heavy atom. The predicted octanol–water partition coefficient (Wildman–Crippen LogP) is 0.789. The summed E-state index contributed by atoms with van der Waals surface area (Å²) in [5, 5.41) is 16.4. The van der Waals surface area contributed by atoms with Gasteiger partial charge in [0.1, 0.15) is 0 Å². The molecule has 2 saturated heterocycles. The molecule has 1 aromatic rings. The Hall–Kier alpha value is -1.47. The highest BCUT2D eigenvalue weighted by Crippen LogP contribution is 2.30. The van der Waals surface area contributed by atoms with Gasteiger partial charge in [-0.2, -0.15) is 0 Å². The molecule has 1 N–H and O–H groups in total. The SMILES string of the molecule is CC1CC(N2CC(n3cc(C(=O)O)nn3)C2)CC(C)O1. The van der Waals surface area contributed by atoms with E-state index in [4.69, 9.17) is 9.84 Å². The normalized spacial score (nSPS) is 32.0. The van der Waals surface area contributed by atoms with Crippen molar-refractivity contribution in [3.8, 4) is 0 Å². The monoisotopic (exact) mass is 280 g/mol. The summed E-state index contributed by atoms with van der Waals surface area (Å²) in [5.74, 6) is -1.03. The molecule has 2 aliphatic rings. The highest BCUT2D eigenvalue weighted by Gasteiger charge is 2.37. The molecule has 0 spiro atoms. The number of carboxylic acid groups (broad SMARTS) is 1. The molecule has 2 aliphatic heterocycles. The fourth-order valence-corrected chi connectivity index (χ4v) is 3.17. The van der Waals surface area contributed by atoms with Crippen LogP contribution < -0.4 is 0 Å². The van der Waals surface area contributed by atoms with Crippen molar-refractivity contribution < 1.29 is 14.6 Å². The maximum Gasteiger partial charge on any atom is 0.358 e. The van der Waals surface area contributed by atoms with E-state index >= 15 is 0 Å². The van der Waals surface area contributed by atoms with Crippen molar-refractivity contribution in [1.29, 1.82) is 0 Å². The molecule has 20 heavy (non-hydrogen) atoms. The molecule has 2 atom stereocenters. The van der Waals surface area contributed by atoms with Crippen molar-refractivity contribution in [2.45, 2.75) is 51.0 Å². The van der Waals surface area contributed by atoms with Gasteiger partial charge in [-0.25, -0.2) is 9.48 Å². The van der Waals surface area contributed by atoms with Crippen molar-refractivity contribution in [2.75, 3.05) is 13.1 Å². The first-order valence-corrected chi connectivity index (χ1v) is 7.07. The van der Waals surface area contributed by atoms with Gasteiger partial charge < -0.3 is 9.84 Å². The number of hydrogen-bond acceptors (Lipinski definition) is 5. The van der Waals surface area contributed by atoms with Crippen LogP contribution >= 0.6 is 0 Å². The molecule has 0 amide bonds. The number of rotatable bonds is 3. The van der Waals surface area contributed by atoms with E-state index < -0.39 is 5.97 Å².